The number of hydrogen-bond acceptors (Lipinski definition) is 3. The van der Waals surface area contributed by atoms with Crippen molar-refractivity contribution in [2.24, 2.45) is 0 Å². The molecular weight excluding hydrogens is 356 g/mol. The topological polar surface area (TPSA) is 45.9 Å². The lowest BCUT2D eigenvalue weighted by molar-refractivity contribution is 0.414. The maximum Gasteiger partial charge on any atom is 0.118 e. The van der Waals surface area contributed by atoms with Crippen LogP contribution in [0, 0.1) is 11.3 Å². The van der Waals surface area contributed by atoms with Crippen molar-refractivity contribution in [2.75, 3.05) is 7.11 Å². The summed E-state index contributed by atoms with van der Waals surface area (Å²) in [4.78, 5) is 4.19. The summed E-state index contributed by atoms with van der Waals surface area (Å²) in [5.41, 5.74) is 3.27. The van der Waals surface area contributed by atoms with Crippen molar-refractivity contribution in [1.29, 1.82) is 5.26 Å². The first kappa shape index (κ1) is 18.9. The fourth-order valence-corrected chi connectivity index (χ4v) is 3.43. The van der Waals surface area contributed by atoms with Crippen LogP contribution < -0.4 is 4.74 Å². The minimum atomic E-state index is -0.266. The Kier molecular flexibility index (Phi) is 6.46. The molecule has 2 atom stereocenters. The third-order valence-corrected chi connectivity index (χ3v) is 5.04. The molecule has 3 aromatic rings. The van der Waals surface area contributed by atoms with Gasteiger partial charge in [0.05, 0.1) is 19.1 Å². The van der Waals surface area contributed by atoms with E-state index in [0.717, 1.165) is 29.7 Å². The number of rotatable bonds is 7. The highest BCUT2D eigenvalue weighted by atomic mass is 35.5. The van der Waals surface area contributed by atoms with Gasteiger partial charge < -0.3 is 4.74 Å². The molecule has 4 heteroatoms. The average molecular weight is 377 g/mol. The molecule has 0 spiro atoms. The Labute approximate surface area is 165 Å². The largest absolute Gasteiger partial charge is 0.497 e. The molecule has 1 aromatic heterocycles. The van der Waals surface area contributed by atoms with E-state index in [4.69, 9.17) is 16.3 Å². The van der Waals surface area contributed by atoms with E-state index in [9.17, 15) is 5.26 Å². The fourth-order valence-electron chi connectivity index (χ4n) is 3.31. The third-order valence-electron chi connectivity index (χ3n) is 4.79. The van der Waals surface area contributed by atoms with Crippen LogP contribution in [0.4, 0.5) is 0 Å². The summed E-state index contributed by atoms with van der Waals surface area (Å²) >= 11 is 6.06. The highest BCUT2D eigenvalue weighted by Gasteiger charge is 2.25. The molecule has 2 unspecified atom stereocenters. The standard InChI is InChI=1S/C23H21ClN2O/c1-27-21-11-4-17(5-12-21)6-13-22(18-7-9-20(24)10-8-18)23(15-25)19-3-2-14-26-16-19/h2-5,7-12,14,16,22-23H,6,13H2,1H3. The second-order valence-corrected chi connectivity index (χ2v) is 6.87. The van der Waals surface area contributed by atoms with Gasteiger partial charge in [-0.2, -0.15) is 5.26 Å². The molecule has 3 nitrogen and oxygen atoms in total. The Bertz CT molecular complexity index is 886. The maximum absolute atomic E-state index is 9.91. The van der Waals surface area contributed by atoms with Crippen molar-refractivity contribution in [3.05, 3.63) is 94.8 Å². The van der Waals surface area contributed by atoms with Gasteiger partial charge in [0.1, 0.15) is 5.75 Å². The summed E-state index contributed by atoms with van der Waals surface area (Å²) in [7, 11) is 1.66. The fraction of sp³-hybridized carbons (Fsp3) is 0.217. The summed E-state index contributed by atoms with van der Waals surface area (Å²) in [6, 6.07) is 22.2. The van der Waals surface area contributed by atoms with Crippen LogP contribution in [0.2, 0.25) is 5.02 Å². The van der Waals surface area contributed by atoms with E-state index < -0.39 is 0 Å². The third kappa shape index (κ3) is 4.87. The zero-order chi connectivity index (χ0) is 19.1. The molecular formula is C23H21ClN2O. The number of benzene rings is 2. The second kappa shape index (κ2) is 9.21. The van der Waals surface area contributed by atoms with E-state index in [0.29, 0.717) is 5.02 Å². The summed E-state index contributed by atoms with van der Waals surface area (Å²) in [6.07, 6.45) is 5.23. The molecule has 0 N–H and O–H groups in total. The lowest BCUT2D eigenvalue weighted by Crippen LogP contribution is -2.11. The molecule has 0 radical (unpaired) electrons. The smallest absolute Gasteiger partial charge is 0.118 e. The molecule has 0 aliphatic carbocycles. The van der Waals surface area contributed by atoms with E-state index in [1.165, 1.54) is 5.56 Å². The predicted molar refractivity (Wildman–Crippen MR) is 108 cm³/mol. The molecule has 0 aliphatic heterocycles. The lowest BCUT2D eigenvalue weighted by Gasteiger charge is -2.23. The first-order chi connectivity index (χ1) is 13.2. The van der Waals surface area contributed by atoms with Crippen LogP contribution in [0.5, 0.6) is 5.75 Å². The van der Waals surface area contributed by atoms with Gasteiger partial charge in [0, 0.05) is 23.3 Å². The summed E-state index contributed by atoms with van der Waals surface area (Å²) in [5.74, 6) is 0.634. The predicted octanol–water partition coefficient (Wildman–Crippen LogP) is 5.77. The van der Waals surface area contributed by atoms with E-state index in [-0.39, 0.29) is 11.8 Å². The molecule has 0 saturated carbocycles. The van der Waals surface area contributed by atoms with Gasteiger partial charge in [0.15, 0.2) is 0 Å². The van der Waals surface area contributed by atoms with E-state index in [1.54, 1.807) is 19.5 Å². The number of nitrogens with zero attached hydrogens (tertiary/aromatic N) is 2. The molecule has 1 heterocycles. The van der Waals surface area contributed by atoms with Crippen molar-refractivity contribution in [3.8, 4) is 11.8 Å². The molecule has 136 valence electrons. The van der Waals surface area contributed by atoms with Crippen LogP contribution in [-0.4, -0.2) is 12.1 Å². The maximum atomic E-state index is 9.91. The van der Waals surface area contributed by atoms with Gasteiger partial charge in [-0.1, -0.05) is 41.9 Å². The summed E-state index contributed by atoms with van der Waals surface area (Å²) < 4.78 is 5.23. The minimum Gasteiger partial charge on any atom is -0.497 e. The molecule has 27 heavy (non-hydrogen) atoms. The second-order valence-electron chi connectivity index (χ2n) is 6.44. The van der Waals surface area contributed by atoms with Gasteiger partial charge >= 0.3 is 0 Å². The zero-order valence-electron chi connectivity index (χ0n) is 15.2. The van der Waals surface area contributed by atoms with Crippen LogP contribution in [0.3, 0.4) is 0 Å². The number of nitriles is 1. The number of halogens is 1. The van der Waals surface area contributed by atoms with Crippen molar-refractivity contribution in [2.45, 2.75) is 24.7 Å². The van der Waals surface area contributed by atoms with Gasteiger partial charge in [-0.05, 0) is 59.9 Å². The van der Waals surface area contributed by atoms with Crippen molar-refractivity contribution < 1.29 is 4.74 Å². The number of aromatic nitrogens is 1. The number of methoxy groups -OCH3 is 1. The number of ether oxygens (including phenoxy) is 1. The minimum absolute atomic E-state index is 0.0542. The zero-order valence-corrected chi connectivity index (χ0v) is 15.9. The molecule has 0 bridgehead atoms. The van der Waals surface area contributed by atoms with Crippen LogP contribution in [0.25, 0.3) is 0 Å². The van der Waals surface area contributed by atoms with E-state index >= 15 is 0 Å². The molecule has 0 fully saturated rings. The molecule has 0 amide bonds. The highest BCUT2D eigenvalue weighted by Crippen LogP contribution is 2.36. The van der Waals surface area contributed by atoms with E-state index in [2.05, 4.69) is 23.2 Å². The molecule has 3 rings (SSSR count). The first-order valence-corrected chi connectivity index (χ1v) is 9.27. The Morgan fingerprint density at radius 2 is 1.78 bits per heavy atom. The monoisotopic (exact) mass is 376 g/mol. The van der Waals surface area contributed by atoms with Crippen molar-refractivity contribution >= 4 is 11.6 Å². The highest BCUT2D eigenvalue weighted by molar-refractivity contribution is 6.30. The van der Waals surface area contributed by atoms with E-state index in [1.807, 2.05) is 48.5 Å². The summed E-state index contributed by atoms with van der Waals surface area (Å²) in [5, 5.41) is 10.6. The van der Waals surface area contributed by atoms with Crippen LogP contribution in [0.1, 0.15) is 34.9 Å². The van der Waals surface area contributed by atoms with Gasteiger partial charge in [-0.25, -0.2) is 0 Å². The van der Waals surface area contributed by atoms with Crippen LogP contribution >= 0.6 is 11.6 Å². The Morgan fingerprint density at radius 3 is 2.37 bits per heavy atom. The van der Waals surface area contributed by atoms with Gasteiger partial charge in [-0.15, -0.1) is 0 Å². The van der Waals surface area contributed by atoms with Crippen LogP contribution in [-0.2, 0) is 6.42 Å². The Morgan fingerprint density at radius 1 is 1.04 bits per heavy atom. The quantitative estimate of drug-likeness (QED) is 0.526. The van der Waals surface area contributed by atoms with Crippen molar-refractivity contribution in [1.82, 2.24) is 4.98 Å². The lowest BCUT2D eigenvalue weighted by atomic mass is 9.79. The van der Waals surface area contributed by atoms with Gasteiger partial charge in [-0.3, -0.25) is 4.98 Å². The Hall–Kier alpha value is -2.83. The van der Waals surface area contributed by atoms with Crippen LogP contribution in [0.15, 0.2) is 73.1 Å². The summed E-state index contributed by atoms with van der Waals surface area (Å²) in [6.45, 7) is 0. The number of hydrogen-bond donors (Lipinski definition) is 0. The molecule has 0 aliphatic rings. The Balaban J connectivity index is 1.87. The van der Waals surface area contributed by atoms with Gasteiger partial charge in [0.25, 0.3) is 0 Å². The first-order valence-electron chi connectivity index (χ1n) is 8.89. The molecule has 0 saturated heterocycles. The number of aryl methyl sites for hydroxylation is 1. The number of pyridine rings is 1. The normalized spacial score (nSPS) is 12.8. The SMILES string of the molecule is COc1ccc(CCC(c2ccc(Cl)cc2)C(C#N)c2cccnc2)cc1. The average Bonchev–Trinajstić information content (AvgIpc) is 2.73. The van der Waals surface area contributed by atoms with Crippen molar-refractivity contribution in [3.63, 3.8) is 0 Å². The molecule has 2 aromatic carbocycles. The van der Waals surface area contributed by atoms with Gasteiger partial charge in [0.2, 0.25) is 0 Å².